The van der Waals surface area contributed by atoms with Crippen molar-refractivity contribution in [1.29, 1.82) is 0 Å². The molecule has 1 heterocycles. The molecule has 0 aromatic heterocycles. The van der Waals surface area contributed by atoms with Gasteiger partial charge in [0.05, 0.1) is 13.2 Å². The van der Waals surface area contributed by atoms with Gasteiger partial charge >= 0.3 is 0 Å². The SMILES string of the molecule is Cl.O=C(NCCCCOCCc1ccccc1)C1CNCCO1. The lowest BCUT2D eigenvalue weighted by atomic mass is 10.2. The van der Waals surface area contributed by atoms with Crippen molar-refractivity contribution in [3.63, 3.8) is 0 Å². The normalized spacial score (nSPS) is 17.3. The van der Waals surface area contributed by atoms with Gasteiger partial charge in [-0.1, -0.05) is 30.3 Å². The second-order valence-electron chi connectivity index (χ2n) is 5.41. The predicted molar refractivity (Wildman–Crippen MR) is 93.1 cm³/mol. The van der Waals surface area contributed by atoms with Gasteiger partial charge in [-0.3, -0.25) is 4.79 Å². The third kappa shape index (κ3) is 8.32. The highest BCUT2D eigenvalue weighted by Gasteiger charge is 2.20. The smallest absolute Gasteiger partial charge is 0.250 e. The van der Waals surface area contributed by atoms with E-state index in [2.05, 4.69) is 22.8 Å². The maximum Gasteiger partial charge on any atom is 0.250 e. The Kier molecular flexibility index (Phi) is 10.6. The number of hydrogen-bond acceptors (Lipinski definition) is 4. The fourth-order valence-electron chi connectivity index (χ4n) is 2.33. The van der Waals surface area contributed by atoms with E-state index < -0.39 is 0 Å². The average Bonchev–Trinajstić information content (AvgIpc) is 2.59. The molecule has 2 N–H and O–H groups in total. The number of morpholine rings is 1. The summed E-state index contributed by atoms with van der Waals surface area (Å²) in [6.45, 7) is 4.20. The number of carbonyl (C=O) groups excluding carboxylic acids is 1. The van der Waals surface area contributed by atoms with Crippen LogP contribution < -0.4 is 10.6 Å². The Morgan fingerprint density at radius 1 is 1.26 bits per heavy atom. The van der Waals surface area contributed by atoms with Crippen LogP contribution in [0.5, 0.6) is 0 Å². The molecule has 0 saturated carbocycles. The summed E-state index contributed by atoms with van der Waals surface area (Å²) in [5, 5.41) is 6.06. The van der Waals surface area contributed by atoms with E-state index in [-0.39, 0.29) is 24.4 Å². The zero-order chi connectivity index (χ0) is 15.5. The highest BCUT2D eigenvalue weighted by molar-refractivity contribution is 5.85. The van der Waals surface area contributed by atoms with Gasteiger partial charge in [-0.25, -0.2) is 0 Å². The molecule has 1 atom stereocenters. The van der Waals surface area contributed by atoms with Crippen molar-refractivity contribution in [2.75, 3.05) is 39.5 Å². The zero-order valence-electron chi connectivity index (χ0n) is 13.5. The van der Waals surface area contributed by atoms with Crippen LogP contribution in [0.1, 0.15) is 18.4 Å². The Bertz CT molecular complexity index is 425. The summed E-state index contributed by atoms with van der Waals surface area (Å²) < 4.78 is 11.0. The molecule has 5 nitrogen and oxygen atoms in total. The van der Waals surface area contributed by atoms with Crippen molar-refractivity contribution in [2.45, 2.75) is 25.4 Å². The molecule has 1 aliphatic rings. The first kappa shape index (κ1) is 19.9. The minimum atomic E-state index is -0.337. The Morgan fingerprint density at radius 2 is 2.09 bits per heavy atom. The van der Waals surface area contributed by atoms with Gasteiger partial charge in [0.2, 0.25) is 5.91 Å². The van der Waals surface area contributed by atoms with Gasteiger partial charge in [0, 0.05) is 26.2 Å². The largest absolute Gasteiger partial charge is 0.381 e. The summed E-state index contributed by atoms with van der Waals surface area (Å²) in [5.41, 5.74) is 1.30. The Morgan fingerprint density at radius 3 is 2.83 bits per heavy atom. The summed E-state index contributed by atoms with van der Waals surface area (Å²) in [6.07, 6.45) is 2.50. The molecule has 1 fully saturated rings. The van der Waals surface area contributed by atoms with Crippen molar-refractivity contribution < 1.29 is 14.3 Å². The zero-order valence-corrected chi connectivity index (χ0v) is 14.3. The first-order valence-electron chi connectivity index (χ1n) is 8.08. The quantitative estimate of drug-likeness (QED) is 0.669. The van der Waals surface area contributed by atoms with E-state index in [1.807, 2.05) is 18.2 Å². The molecule has 0 bridgehead atoms. The summed E-state index contributed by atoms with van der Waals surface area (Å²) in [6, 6.07) is 10.3. The molecule has 1 aliphatic heterocycles. The van der Waals surface area contributed by atoms with Crippen molar-refractivity contribution in [2.24, 2.45) is 0 Å². The van der Waals surface area contributed by atoms with Crippen LogP contribution in [0, 0.1) is 0 Å². The fourth-order valence-corrected chi connectivity index (χ4v) is 2.33. The minimum Gasteiger partial charge on any atom is -0.381 e. The lowest BCUT2D eigenvalue weighted by molar-refractivity contribution is -0.134. The molecular formula is C17H27ClN2O3. The third-order valence-electron chi connectivity index (χ3n) is 3.61. The topological polar surface area (TPSA) is 59.6 Å². The maximum absolute atomic E-state index is 11.8. The van der Waals surface area contributed by atoms with Gasteiger partial charge in [0.15, 0.2) is 0 Å². The fraction of sp³-hybridized carbons (Fsp3) is 0.588. The Labute approximate surface area is 144 Å². The van der Waals surface area contributed by atoms with E-state index in [4.69, 9.17) is 9.47 Å². The van der Waals surface area contributed by atoms with E-state index in [9.17, 15) is 4.79 Å². The predicted octanol–water partition coefficient (Wildman–Crippen LogP) is 1.55. The molecule has 2 rings (SSSR count). The number of rotatable bonds is 9. The summed E-state index contributed by atoms with van der Waals surface area (Å²) in [7, 11) is 0. The number of halogens is 1. The monoisotopic (exact) mass is 342 g/mol. The number of unbranched alkanes of at least 4 members (excludes halogenated alkanes) is 1. The number of hydrogen-bond donors (Lipinski definition) is 2. The van der Waals surface area contributed by atoms with E-state index in [1.165, 1.54) is 5.56 Å². The molecule has 0 radical (unpaired) electrons. The van der Waals surface area contributed by atoms with E-state index >= 15 is 0 Å². The molecule has 0 aliphatic carbocycles. The first-order valence-corrected chi connectivity index (χ1v) is 8.08. The molecule has 130 valence electrons. The lowest BCUT2D eigenvalue weighted by Gasteiger charge is -2.22. The number of ether oxygens (including phenoxy) is 2. The van der Waals surface area contributed by atoms with Crippen LogP contribution in [0.2, 0.25) is 0 Å². The van der Waals surface area contributed by atoms with Crippen molar-refractivity contribution >= 4 is 18.3 Å². The number of nitrogens with one attached hydrogen (secondary N) is 2. The number of amides is 1. The van der Waals surface area contributed by atoms with Gasteiger partial charge < -0.3 is 20.1 Å². The van der Waals surface area contributed by atoms with E-state index in [0.29, 0.717) is 19.7 Å². The van der Waals surface area contributed by atoms with Crippen LogP contribution >= 0.6 is 12.4 Å². The second kappa shape index (κ2) is 12.3. The van der Waals surface area contributed by atoms with E-state index in [0.717, 1.165) is 39.0 Å². The molecule has 1 saturated heterocycles. The van der Waals surface area contributed by atoms with Crippen LogP contribution in [0.4, 0.5) is 0 Å². The summed E-state index contributed by atoms with van der Waals surface area (Å²) >= 11 is 0. The van der Waals surface area contributed by atoms with Crippen LogP contribution in [-0.4, -0.2) is 51.5 Å². The van der Waals surface area contributed by atoms with Crippen LogP contribution in [0.15, 0.2) is 30.3 Å². The summed E-state index contributed by atoms with van der Waals surface area (Å²) in [4.78, 5) is 11.8. The molecule has 1 amide bonds. The highest BCUT2D eigenvalue weighted by atomic mass is 35.5. The van der Waals surface area contributed by atoms with Crippen LogP contribution in [-0.2, 0) is 20.7 Å². The molecule has 6 heteroatoms. The van der Waals surface area contributed by atoms with Gasteiger partial charge in [0.1, 0.15) is 6.10 Å². The van der Waals surface area contributed by atoms with Crippen molar-refractivity contribution in [3.8, 4) is 0 Å². The molecule has 1 aromatic carbocycles. The Balaban J connectivity index is 0.00000264. The number of carbonyl (C=O) groups is 1. The van der Waals surface area contributed by atoms with Gasteiger partial charge in [-0.15, -0.1) is 12.4 Å². The van der Waals surface area contributed by atoms with E-state index in [1.54, 1.807) is 0 Å². The molecule has 23 heavy (non-hydrogen) atoms. The first-order chi connectivity index (χ1) is 10.9. The lowest BCUT2D eigenvalue weighted by Crippen LogP contribution is -2.48. The number of benzene rings is 1. The standard InChI is InChI=1S/C17H26N2O3.ClH/c20-17(16-14-18-10-13-22-16)19-9-4-5-11-21-12-8-15-6-2-1-3-7-15;/h1-3,6-7,16,18H,4-5,8-14H2,(H,19,20);1H. The van der Waals surface area contributed by atoms with Crippen molar-refractivity contribution in [3.05, 3.63) is 35.9 Å². The molecular weight excluding hydrogens is 316 g/mol. The molecule has 0 spiro atoms. The Hall–Kier alpha value is -1.14. The van der Waals surface area contributed by atoms with Crippen LogP contribution in [0.25, 0.3) is 0 Å². The maximum atomic E-state index is 11.8. The average molecular weight is 343 g/mol. The van der Waals surface area contributed by atoms with Gasteiger partial charge in [0.25, 0.3) is 0 Å². The van der Waals surface area contributed by atoms with Gasteiger partial charge in [-0.2, -0.15) is 0 Å². The third-order valence-corrected chi connectivity index (χ3v) is 3.61. The summed E-state index contributed by atoms with van der Waals surface area (Å²) in [5.74, 6) is -0.0165. The highest BCUT2D eigenvalue weighted by Crippen LogP contribution is 2.00. The second-order valence-corrected chi connectivity index (χ2v) is 5.41. The molecule has 1 unspecified atom stereocenters. The van der Waals surface area contributed by atoms with Crippen LogP contribution in [0.3, 0.4) is 0 Å². The van der Waals surface area contributed by atoms with Gasteiger partial charge in [-0.05, 0) is 24.8 Å². The molecule has 1 aromatic rings. The van der Waals surface area contributed by atoms with Crippen molar-refractivity contribution in [1.82, 2.24) is 10.6 Å². The minimum absolute atomic E-state index is 0.